The van der Waals surface area contributed by atoms with Crippen LogP contribution in [0, 0.1) is 11.6 Å². The zero-order chi connectivity index (χ0) is 14.0. The first kappa shape index (κ1) is 14.1. The molecule has 0 radical (unpaired) electrons. The zero-order valence-corrected chi connectivity index (χ0v) is 11.3. The number of hydrogen-bond acceptors (Lipinski definition) is 2. The molecular weight excluding hydrogens is 248 g/mol. The molecule has 4 heteroatoms. The van der Waals surface area contributed by atoms with Gasteiger partial charge in [-0.1, -0.05) is 12.8 Å². The molecule has 1 fully saturated rings. The Balaban J connectivity index is 2.11. The van der Waals surface area contributed by atoms with E-state index >= 15 is 0 Å². The molecule has 1 aromatic rings. The number of benzene rings is 1. The van der Waals surface area contributed by atoms with Crippen molar-refractivity contribution in [2.75, 3.05) is 7.05 Å². The lowest BCUT2D eigenvalue weighted by molar-refractivity contribution is 0.0818. The maximum Gasteiger partial charge on any atom is 0.179 e. The van der Waals surface area contributed by atoms with Crippen LogP contribution in [0.1, 0.15) is 43.0 Å². The molecular formula is C15H19F2NO. The van der Waals surface area contributed by atoms with Crippen molar-refractivity contribution in [3.63, 3.8) is 0 Å². The van der Waals surface area contributed by atoms with E-state index in [1.807, 2.05) is 14.0 Å². The predicted octanol–water partition coefficient (Wildman–Crippen LogP) is 3.41. The molecule has 0 aromatic heterocycles. The molecule has 0 heterocycles. The van der Waals surface area contributed by atoms with Crippen molar-refractivity contribution in [2.24, 2.45) is 0 Å². The zero-order valence-electron chi connectivity index (χ0n) is 11.3. The van der Waals surface area contributed by atoms with Gasteiger partial charge >= 0.3 is 0 Å². The average Bonchev–Trinajstić information content (AvgIpc) is 2.93. The van der Waals surface area contributed by atoms with Crippen LogP contribution in [-0.2, 0) is 0 Å². The van der Waals surface area contributed by atoms with Gasteiger partial charge in [0.2, 0.25) is 0 Å². The minimum atomic E-state index is -0.971. The van der Waals surface area contributed by atoms with Gasteiger partial charge in [0, 0.05) is 11.6 Å². The van der Waals surface area contributed by atoms with E-state index in [4.69, 9.17) is 0 Å². The molecule has 1 aromatic carbocycles. The lowest BCUT2D eigenvalue weighted by atomic mass is 10.0. The summed E-state index contributed by atoms with van der Waals surface area (Å²) in [5, 5.41) is 0. The van der Waals surface area contributed by atoms with Crippen molar-refractivity contribution in [3.8, 4) is 0 Å². The number of nitrogens with zero attached hydrogens (tertiary/aromatic N) is 1. The third kappa shape index (κ3) is 3.00. The van der Waals surface area contributed by atoms with Gasteiger partial charge in [-0.05, 0) is 45.0 Å². The molecule has 0 spiro atoms. The fourth-order valence-corrected chi connectivity index (χ4v) is 2.70. The van der Waals surface area contributed by atoms with E-state index in [0.717, 1.165) is 25.0 Å². The van der Waals surface area contributed by atoms with Crippen molar-refractivity contribution < 1.29 is 13.6 Å². The second kappa shape index (κ2) is 5.78. The monoisotopic (exact) mass is 267 g/mol. The van der Waals surface area contributed by atoms with Crippen LogP contribution in [0.4, 0.5) is 8.78 Å². The van der Waals surface area contributed by atoms with Crippen molar-refractivity contribution in [2.45, 2.75) is 44.7 Å². The molecule has 0 aliphatic heterocycles. The Hall–Kier alpha value is -1.29. The Morgan fingerprint density at radius 2 is 1.89 bits per heavy atom. The van der Waals surface area contributed by atoms with Gasteiger partial charge in [-0.25, -0.2) is 8.78 Å². The molecule has 1 atom stereocenters. The molecule has 0 saturated heterocycles. The molecule has 104 valence electrons. The highest BCUT2D eigenvalue weighted by atomic mass is 19.2. The quantitative estimate of drug-likeness (QED) is 0.779. The smallest absolute Gasteiger partial charge is 0.179 e. The Morgan fingerprint density at radius 1 is 1.26 bits per heavy atom. The van der Waals surface area contributed by atoms with Gasteiger partial charge < -0.3 is 0 Å². The van der Waals surface area contributed by atoms with Gasteiger partial charge in [0.05, 0.1) is 6.04 Å². The van der Waals surface area contributed by atoms with Crippen LogP contribution in [0.2, 0.25) is 0 Å². The number of hydrogen-bond donors (Lipinski definition) is 0. The third-order valence-corrected chi connectivity index (χ3v) is 4.10. The molecule has 0 amide bonds. The lowest BCUT2D eigenvalue weighted by Crippen LogP contribution is -2.41. The number of carbonyl (C=O) groups excluding carboxylic acids is 1. The second-order valence-corrected chi connectivity index (χ2v) is 5.27. The summed E-state index contributed by atoms with van der Waals surface area (Å²) < 4.78 is 26.0. The third-order valence-electron chi connectivity index (χ3n) is 4.10. The maximum absolute atomic E-state index is 13.2. The summed E-state index contributed by atoms with van der Waals surface area (Å²) in [6.45, 7) is 1.82. The highest BCUT2D eigenvalue weighted by molar-refractivity contribution is 5.99. The average molecular weight is 267 g/mol. The van der Waals surface area contributed by atoms with E-state index in [0.29, 0.717) is 6.04 Å². The van der Waals surface area contributed by atoms with E-state index in [1.165, 1.54) is 18.9 Å². The first-order chi connectivity index (χ1) is 9.00. The van der Waals surface area contributed by atoms with E-state index in [9.17, 15) is 13.6 Å². The maximum atomic E-state index is 13.2. The lowest BCUT2D eigenvalue weighted by Gasteiger charge is -2.29. The minimum absolute atomic E-state index is 0.159. The van der Waals surface area contributed by atoms with E-state index in [2.05, 4.69) is 4.90 Å². The normalized spacial score (nSPS) is 17.9. The van der Waals surface area contributed by atoms with Gasteiger partial charge in [0.15, 0.2) is 17.4 Å². The van der Waals surface area contributed by atoms with Crippen LogP contribution in [0.5, 0.6) is 0 Å². The molecule has 2 rings (SSSR count). The van der Waals surface area contributed by atoms with Crippen molar-refractivity contribution >= 4 is 5.78 Å². The fourth-order valence-electron chi connectivity index (χ4n) is 2.70. The topological polar surface area (TPSA) is 20.3 Å². The first-order valence-electron chi connectivity index (χ1n) is 6.72. The number of rotatable bonds is 4. The molecule has 1 aliphatic rings. The summed E-state index contributed by atoms with van der Waals surface area (Å²) in [6, 6.07) is 3.44. The van der Waals surface area contributed by atoms with Crippen molar-refractivity contribution in [1.29, 1.82) is 0 Å². The molecule has 19 heavy (non-hydrogen) atoms. The Morgan fingerprint density at radius 3 is 2.47 bits per heavy atom. The summed E-state index contributed by atoms with van der Waals surface area (Å²) in [5.74, 6) is -2.05. The van der Waals surface area contributed by atoms with Crippen LogP contribution < -0.4 is 0 Å². The second-order valence-electron chi connectivity index (χ2n) is 5.27. The van der Waals surface area contributed by atoms with Gasteiger partial charge in [-0.15, -0.1) is 0 Å². The van der Waals surface area contributed by atoms with Crippen LogP contribution in [0.15, 0.2) is 18.2 Å². The number of halogens is 2. The summed E-state index contributed by atoms with van der Waals surface area (Å²) >= 11 is 0. The van der Waals surface area contributed by atoms with Gasteiger partial charge in [-0.3, -0.25) is 9.69 Å². The Labute approximate surface area is 112 Å². The highest BCUT2D eigenvalue weighted by Gasteiger charge is 2.27. The Kier molecular flexibility index (Phi) is 4.30. The summed E-state index contributed by atoms with van der Waals surface area (Å²) in [5.41, 5.74) is 0.233. The summed E-state index contributed by atoms with van der Waals surface area (Å²) in [6.07, 6.45) is 4.60. The van der Waals surface area contributed by atoms with Crippen LogP contribution in [0.25, 0.3) is 0 Å². The van der Waals surface area contributed by atoms with Crippen LogP contribution >= 0.6 is 0 Å². The fraction of sp³-hybridized carbons (Fsp3) is 0.533. The molecule has 1 unspecified atom stereocenters. The van der Waals surface area contributed by atoms with E-state index in [-0.39, 0.29) is 17.4 Å². The van der Waals surface area contributed by atoms with E-state index in [1.54, 1.807) is 0 Å². The number of ketones is 1. The van der Waals surface area contributed by atoms with Crippen LogP contribution in [0.3, 0.4) is 0 Å². The summed E-state index contributed by atoms with van der Waals surface area (Å²) in [4.78, 5) is 14.3. The van der Waals surface area contributed by atoms with Gasteiger partial charge in [0.25, 0.3) is 0 Å². The molecule has 1 saturated carbocycles. The van der Waals surface area contributed by atoms with Gasteiger partial charge in [-0.2, -0.15) is 0 Å². The predicted molar refractivity (Wildman–Crippen MR) is 70.2 cm³/mol. The van der Waals surface area contributed by atoms with Crippen molar-refractivity contribution in [1.82, 2.24) is 4.90 Å². The standard InChI is InChI=1S/C15H19F2NO/c1-10(18(2)12-5-3-4-6-12)15(19)11-7-8-13(16)14(17)9-11/h7-10,12H,3-6H2,1-2H3. The van der Waals surface area contributed by atoms with E-state index < -0.39 is 11.6 Å². The summed E-state index contributed by atoms with van der Waals surface area (Å²) in [7, 11) is 1.93. The number of likely N-dealkylation sites (N-methyl/N-ethyl adjacent to an activating group) is 1. The molecule has 0 bridgehead atoms. The minimum Gasteiger partial charge on any atom is -0.294 e. The highest BCUT2D eigenvalue weighted by Crippen LogP contribution is 2.25. The van der Waals surface area contributed by atoms with Crippen LogP contribution in [-0.4, -0.2) is 29.8 Å². The number of carbonyl (C=O) groups is 1. The molecule has 2 nitrogen and oxygen atoms in total. The Bertz CT molecular complexity index is 469. The van der Waals surface area contributed by atoms with Gasteiger partial charge in [0.1, 0.15) is 0 Å². The molecule has 1 aliphatic carbocycles. The van der Waals surface area contributed by atoms with Crippen molar-refractivity contribution in [3.05, 3.63) is 35.4 Å². The molecule has 0 N–H and O–H groups in total. The first-order valence-corrected chi connectivity index (χ1v) is 6.72. The number of Topliss-reactive ketones (excluding diaryl/α,β-unsaturated/α-hetero) is 1. The largest absolute Gasteiger partial charge is 0.294 e. The SMILES string of the molecule is CC(C(=O)c1ccc(F)c(F)c1)N(C)C1CCCC1.